The number of rotatable bonds is 4. The molecule has 1 atom stereocenters. The van der Waals surface area contributed by atoms with Gasteiger partial charge in [0.25, 0.3) is 0 Å². The molecule has 0 amide bonds. The molecule has 3 heterocycles. The fourth-order valence-corrected chi connectivity index (χ4v) is 4.87. The molecular formula is C22H26FN3OS. The molecule has 1 aromatic carbocycles. The van der Waals surface area contributed by atoms with Gasteiger partial charge in [0.1, 0.15) is 17.7 Å². The summed E-state index contributed by atoms with van der Waals surface area (Å²) < 4.78 is 21.8. The highest BCUT2D eigenvalue weighted by molar-refractivity contribution is 7.18. The average molecular weight is 400 g/mol. The molecule has 4 nitrogen and oxygen atoms in total. The van der Waals surface area contributed by atoms with Crippen LogP contribution in [-0.2, 0) is 0 Å². The first-order chi connectivity index (χ1) is 13.4. The van der Waals surface area contributed by atoms with Crippen LogP contribution in [-0.4, -0.2) is 34.1 Å². The predicted molar refractivity (Wildman–Crippen MR) is 112 cm³/mol. The van der Waals surface area contributed by atoms with Gasteiger partial charge < -0.3 is 4.74 Å². The summed E-state index contributed by atoms with van der Waals surface area (Å²) in [6, 6.07) is 7.56. The summed E-state index contributed by atoms with van der Waals surface area (Å²) in [5.74, 6) is 0.761. The molecule has 0 bridgehead atoms. The van der Waals surface area contributed by atoms with E-state index in [1.807, 2.05) is 39.0 Å². The Morgan fingerprint density at radius 2 is 1.75 bits per heavy atom. The maximum absolute atomic E-state index is 14.7. The standard InChI is InChI=1S/C22H26FN3OS/c1-13-9-18(10-14(2)24-13)27-17-5-7-26(8-6-17)15(3)19-11-21-22(12-20(19)23)28-16(4)25-21/h9-12,15,17H,5-8H2,1-4H3. The number of ether oxygens (including phenoxy) is 1. The maximum Gasteiger partial charge on any atom is 0.129 e. The Labute approximate surface area is 169 Å². The van der Waals surface area contributed by atoms with Crippen LogP contribution in [0.1, 0.15) is 47.8 Å². The fraction of sp³-hybridized carbons (Fsp3) is 0.455. The number of benzene rings is 1. The summed E-state index contributed by atoms with van der Waals surface area (Å²) in [7, 11) is 0. The third-order valence-corrected chi connectivity index (χ3v) is 6.38. The van der Waals surface area contributed by atoms with E-state index >= 15 is 0 Å². The van der Waals surface area contributed by atoms with E-state index < -0.39 is 0 Å². The Hall–Kier alpha value is -2.05. The Morgan fingerprint density at radius 1 is 1.07 bits per heavy atom. The number of hydrogen-bond acceptors (Lipinski definition) is 5. The number of piperidine rings is 1. The summed E-state index contributed by atoms with van der Waals surface area (Å²) in [5.41, 5.74) is 3.58. The van der Waals surface area contributed by atoms with Crippen LogP contribution >= 0.6 is 11.3 Å². The van der Waals surface area contributed by atoms with Crippen molar-refractivity contribution in [3.63, 3.8) is 0 Å². The lowest BCUT2D eigenvalue weighted by atomic mass is 10.0. The molecule has 1 saturated heterocycles. The number of aromatic nitrogens is 2. The molecule has 1 unspecified atom stereocenters. The number of hydrogen-bond donors (Lipinski definition) is 0. The Morgan fingerprint density at radius 3 is 2.43 bits per heavy atom. The van der Waals surface area contributed by atoms with Crippen LogP contribution < -0.4 is 4.74 Å². The zero-order valence-electron chi connectivity index (χ0n) is 16.8. The molecule has 1 aliphatic rings. The third-order valence-electron chi connectivity index (χ3n) is 5.45. The topological polar surface area (TPSA) is 38.2 Å². The van der Waals surface area contributed by atoms with Crippen molar-refractivity contribution in [1.82, 2.24) is 14.9 Å². The highest BCUT2D eigenvalue weighted by Crippen LogP contribution is 2.32. The molecule has 3 aromatic rings. The number of fused-ring (bicyclic) bond motifs is 1. The zero-order valence-corrected chi connectivity index (χ0v) is 17.6. The molecule has 4 rings (SSSR count). The summed E-state index contributed by atoms with van der Waals surface area (Å²) in [5, 5.41) is 0.971. The first-order valence-electron chi connectivity index (χ1n) is 9.81. The van der Waals surface area contributed by atoms with Crippen LogP contribution in [0.2, 0.25) is 0 Å². The Kier molecular flexibility index (Phi) is 5.34. The van der Waals surface area contributed by atoms with Crippen LogP contribution in [0, 0.1) is 26.6 Å². The van der Waals surface area contributed by atoms with Gasteiger partial charge in [-0.05, 0) is 52.7 Å². The average Bonchev–Trinajstić information content (AvgIpc) is 2.99. The highest BCUT2D eigenvalue weighted by atomic mass is 32.1. The van der Waals surface area contributed by atoms with Crippen LogP contribution in [0.15, 0.2) is 24.3 Å². The first-order valence-corrected chi connectivity index (χ1v) is 10.6. The van der Waals surface area contributed by atoms with E-state index in [-0.39, 0.29) is 18.0 Å². The second-order valence-electron chi connectivity index (χ2n) is 7.69. The van der Waals surface area contributed by atoms with Crippen molar-refractivity contribution in [2.24, 2.45) is 0 Å². The quantitative estimate of drug-likeness (QED) is 0.592. The third kappa shape index (κ3) is 4.03. The van der Waals surface area contributed by atoms with Gasteiger partial charge in [0.05, 0.1) is 15.2 Å². The van der Waals surface area contributed by atoms with Gasteiger partial charge in [-0.15, -0.1) is 11.3 Å². The van der Waals surface area contributed by atoms with Gasteiger partial charge in [-0.1, -0.05) is 0 Å². The normalized spacial score (nSPS) is 17.2. The van der Waals surface area contributed by atoms with Gasteiger partial charge in [-0.3, -0.25) is 9.88 Å². The monoisotopic (exact) mass is 399 g/mol. The number of thiazole rings is 1. The number of pyridine rings is 1. The Balaban J connectivity index is 1.42. The van der Waals surface area contributed by atoms with Crippen molar-refractivity contribution in [3.8, 4) is 5.75 Å². The SMILES string of the molecule is Cc1cc(OC2CCN(C(C)c3cc4nc(C)sc4cc3F)CC2)cc(C)n1. The van der Waals surface area contributed by atoms with Gasteiger partial charge in [0, 0.05) is 48.2 Å². The molecule has 148 valence electrons. The molecule has 6 heteroatoms. The summed E-state index contributed by atoms with van der Waals surface area (Å²) in [6.07, 6.45) is 2.06. The van der Waals surface area contributed by atoms with Crippen molar-refractivity contribution >= 4 is 21.6 Å². The lowest BCUT2D eigenvalue weighted by Crippen LogP contribution is -2.39. The largest absolute Gasteiger partial charge is 0.490 e. The summed E-state index contributed by atoms with van der Waals surface area (Å²) in [4.78, 5) is 11.3. The van der Waals surface area contributed by atoms with Gasteiger partial charge >= 0.3 is 0 Å². The van der Waals surface area contributed by atoms with E-state index in [2.05, 4.69) is 21.8 Å². The summed E-state index contributed by atoms with van der Waals surface area (Å²) >= 11 is 1.54. The molecule has 1 aliphatic heterocycles. The van der Waals surface area contributed by atoms with E-state index in [4.69, 9.17) is 4.74 Å². The fourth-order valence-electron chi connectivity index (χ4n) is 4.03. The van der Waals surface area contributed by atoms with Crippen LogP contribution in [0.25, 0.3) is 10.2 Å². The van der Waals surface area contributed by atoms with E-state index in [0.717, 1.165) is 63.9 Å². The molecular weight excluding hydrogens is 373 g/mol. The van der Waals surface area contributed by atoms with Gasteiger partial charge in [0.15, 0.2) is 0 Å². The van der Waals surface area contributed by atoms with Crippen molar-refractivity contribution in [2.75, 3.05) is 13.1 Å². The Bertz CT molecular complexity index is 975. The molecule has 1 fully saturated rings. The minimum absolute atomic E-state index is 0.0257. The number of nitrogens with zero attached hydrogens (tertiary/aromatic N) is 3. The minimum atomic E-state index is -0.134. The molecule has 0 N–H and O–H groups in total. The van der Waals surface area contributed by atoms with E-state index in [9.17, 15) is 4.39 Å². The second kappa shape index (κ2) is 7.76. The molecule has 0 radical (unpaired) electrons. The van der Waals surface area contributed by atoms with E-state index in [0.29, 0.717) is 0 Å². The first kappa shape index (κ1) is 19.3. The van der Waals surface area contributed by atoms with Gasteiger partial charge in [-0.2, -0.15) is 0 Å². The summed E-state index contributed by atoms with van der Waals surface area (Å²) in [6.45, 7) is 9.80. The molecule has 28 heavy (non-hydrogen) atoms. The smallest absolute Gasteiger partial charge is 0.129 e. The maximum atomic E-state index is 14.7. The van der Waals surface area contributed by atoms with Crippen LogP contribution in [0.4, 0.5) is 4.39 Å². The van der Waals surface area contributed by atoms with Crippen molar-refractivity contribution in [3.05, 3.63) is 52.0 Å². The molecule has 0 aliphatic carbocycles. The van der Waals surface area contributed by atoms with Crippen LogP contribution in [0.5, 0.6) is 5.75 Å². The predicted octanol–water partition coefficient (Wildman–Crippen LogP) is 5.36. The van der Waals surface area contributed by atoms with Crippen molar-refractivity contribution < 1.29 is 9.13 Å². The highest BCUT2D eigenvalue weighted by Gasteiger charge is 2.26. The molecule has 0 saturated carbocycles. The lowest BCUT2D eigenvalue weighted by Gasteiger charge is -2.36. The molecule has 2 aromatic heterocycles. The zero-order chi connectivity index (χ0) is 19.8. The van der Waals surface area contributed by atoms with Gasteiger partial charge in [0.2, 0.25) is 0 Å². The number of halogens is 1. The van der Waals surface area contributed by atoms with Gasteiger partial charge in [-0.25, -0.2) is 9.37 Å². The van der Waals surface area contributed by atoms with E-state index in [1.54, 1.807) is 6.07 Å². The molecule has 0 spiro atoms. The van der Waals surface area contributed by atoms with Crippen molar-refractivity contribution in [1.29, 1.82) is 0 Å². The van der Waals surface area contributed by atoms with Crippen LogP contribution in [0.3, 0.4) is 0 Å². The van der Waals surface area contributed by atoms with E-state index in [1.165, 1.54) is 11.3 Å². The number of aryl methyl sites for hydroxylation is 3. The number of likely N-dealkylation sites (tertiary alicyclic amines) is 1. The van der Waals surface area contributed by atoms with Crippen molar-refractivity contribution in [2.45, 2.75) is 52.7 Å². The second-order valence-corrected chi connectivity index (χ2v) is 8.92. The minimum Gasteiger partial charge on any atom is -0.490 e. The lowest BCUT2D eigenvalue weighted by molar-refractivity contribution is 0.0787.